The first-order valence-corrected chi connectivity index (χ1v) is 5.68. The molecular weight excluding hydrogens is 187 g/mol. The first-order chi connectivity index (χ1) is 5.91. The van der Waals surface area contributed by atoms with Gasteiger partial charge in [0.1, 0.15) is 0 Å². The van der Waals surface area contributed by atoms with Crippen LogP contribution in [0.25, 0.3) is 0 Å². The molecule has 0 aromatic heterocycles. The average molecular weight is 200 g/mol. The molecule has 0 unspecified atom stereocenters. The summed E-state index contributed by atoms with van der Waals surface area (Å²) in [5.41, 5.74) is 1.08. The maximum atomic E-state index is 10.8. The van der Waals surface area contributed by atoms with E-state index in [0.29, 0.717) is 5.92 Å². The predicted octanol–water partition coefficient (Wildman–Crippen LogP) is 1.61. The molecule has 1 aromatic rings. The van der Waals surface area contributed by atoms with Crippen molar-refractivity contribution >= 4 is 12.9 Å². The Morgan fingerprint density at radius 2 is 1.62 bits per heavy atom. The maximum Gasteiger partial charge on any atom is 0.356 e. The summed E-state index contributed by atoms with van der Waals surface area (Å²) >= 11 is 0. The van der Waals surface area contributed by atoms with Crippen molar-refractivity contribution in [2.75, 3.05) is 0 Å². The van der Waals surface area contributed by atoms with Gasteiger partial charge in [0, 0.05) is 0 Å². The van der Waals surface area contributed by atoms with Gasteiger partial charge in [-0.25, -0.2) is 0 Å². The van der Waals surface area contributed by atoms with Crippen LogP contribution in [0.3, 0.4) is 0 Å². The topological polar surface area (TPSA) is 57.5 Å². The molecule has 0 bridgehead atoms. The minimum Gasteiger partial charge on any atom is -0.321 e. The Kier molecular flexibility index (Phi) is 2.91. The van der Waals surface area contributed by atoms with E-state index in [4.69, 9.17) is 9.79 Å². The standard InChI is InChI=1S/C9H13O3P/c1-7(2)8-3-5-9(6-4-8)13(10,11)12/h3-7H,1-2H3,(H2,10,11,12). The van der Waals surface area contributed by atoms with E-state index in [1.165, 1.54) is 12.1 Å². The summed E-state index contributed by atoms with van der Waals surface area (Å²) in [6.45, 7) is 4.07. The summed E-state index contributed by atoms with van der Waals surface area (Å²) in [6.07, 6.45) is 0. The summed E-state index contributed by atoms with van der Waals surface area (Å²) in [6, 6.07) is 6.46. The van der Waals surface area contributed by atoms with Crippen LogP contribution in [-0.2, 0) is 4.57 Å². The average Bonchev–Trinajstić information content (AvgIpc) is 2.03. The highest BCUT2D eigenvalue weighted by atomic mass is 31.2. The zero-order valence-corrected chi connectivity index (χ0v) is 8.53. The summed E-state index contributed by atoms with van der Waals surface area (Å²) in [5.74, 6) is 0.380. The van der Waals surface area contributed by atoms with Crippen LogP contribution >= 0.6 is 7.60 Å². The fourth-order valence-electron chi connectivity index (χ4n) is 1.05. The Morgan fingerprint density at radius 3 is 1.92 bits per heavy atom. The molecule has 0 aliphatic rings. The Morgan fingerprint density at radius 1 is 1.15 bits per heavy atom. The van der Waals surface area contributed by atoms with Crippen LogP contribution < -0.4 is 5.30 Å². The van der Waals surface area contributed by atoms with Gasteiger partial charge in [-0.1, -0.05) is 26.0 Å². The van der Waals surface area contributed by atoms with Crippen molar-refractivity contribution in [2.24, 2.45) is 0 Å². The number of hydrogen-bond acceptors (Lipinski definition) is 1. The molecule has 0 heterocycles. The zero-order chi connectivity index (χ0) is 10.1. The first kappa shape index (κ1) is 10.5. The number of rotatable bonds is 2. The maximum absolute atomic E-state index is 10.8. The summed E-state index contributed by atoms with van der Waals surface area (Å²) < 4.78 is 10.8. The monoisotopic (exact) mass is 200 g/mol. The third-order valence-electron chi connectivity index (χ3n) is 1.90. The van der Waals surface area contributed by atoms with Crippen molar-refractivity contribution in [3.63, 3.8) is 0 Å². The second kappa shape index (κ2) is 3.62. The van der Waals surface area contributed by atoms with E-state index in [1.54, 1.807) is 12.1 Å². The van der Waals surface area contributed by atoms with Gasteiger partial charge in [0.2, 0.25) is 0 Å². The highest BCUT2D eigenvalue weighted by Crippen LogP contribution is 2.33. The molecule has 0 fully saturated rings. The Bertz CT molecular complexity index is 323. The van der Waals surface area contributed by atoms with Crippen molar-refractivity contribution < 1.29 is 14.4 Å². The molecule has 0 spiro atoms. The highest BCUT2D eigenvalue weighted by Gasteiger charge is 2.16. The molecule has 2 N–H and O–H groups in total. The molecule has 0 radical (unpaired) electrons. The van der Waals surface area contributed by atoms with Crippen molar-refractivity contribution in [1.82, 2.24) is 0 Å². The molecule has 0 saturated heterocycles. The zero-order valence-electron chi connectivity index (χ0n) is 7.64. The Labute approximate surface area is 77.6 Å². The Hall–Kier alpha value is -0.630. The summed E-state index contributed by atoms with van der Waals surface area (Å²) in [7, 11) is -4.07. The normalized spacial score (nSPS) is 12.1. The van der Waals surface area contributed by atoms with Crippen molar-refractivity contribution in [3.8, 4) is 0 Å². The second-order valence-corrected chi connectivity index (χ2v) is 4.89. The molecular formula is C9H13O3P. The lowest BCUT2D eigenvalue weighted by Gasteiger charge is -2.07. The first-order valence-electron chi connectivity index (χ1n) is 4.07. The largest absolute Gasteiger partial charge is 0.356 e. The molecule has 3 nitrogen and oxygen atoms in total. The van der Waals surface area contributed by atoms with E-state index >= 15 is 0 Å². The summed E-state index contributed by atoms with van der Waals surface area (Å²) in [4.78, 5) is 17.7. The quantitative estimate of drug-likeness (QED) is 0.713. The molecule has 1 aromatic carbocycles. The highest BCUT2D eigenvalue weighted by molar-refractivity contribution is 7.60. The van der Waals surface area contributed by atoms with Gasteiger partial charge in [-0.15, -0.1) is 0 Å². The van der Waals surface area contributed by atoms with Crippen molar-refractivity contribution in [2.45, 2.75) is 19.8 Å². The van der Waals surface area contributed by atoms with Gasteiger partial charge in [-0.05, 0) is 23.6 Å². The molecule has 13 heavy (non-hydrogen) atoms. The number of benzene rings is 1. The van der Waals surface area contributed by atoms with Crippen LogP contribution in [0.1, 0.15) is 25.3 Å². The predicted molar refractivity (Wildman–Crippen MR) is 52.2 cm³/mol. The lowest BCUT2D eigenvalue weighted by molar-refractivity contribution is 0.387. The fraction of sp³-hybridized carbons (Fsp3) is 0.333. The van der Waals surface area contributed by atoms with Crippen molar-refractivity contribution in [1.29, 1.82) is 0 Å². The second-order valence-electron chi connectivity index (χ2n) is 3.29. The van der Waals surface area contributed by atoms with Crippen molar-refractivity contribution in [3.05, 3.63) is 29.8 Å². The van der Waals surface area contributed by atoms with E-state index in [2.05, 4.69) is 0 Å². The van der Waals surface area contributed by atoms with E-state index < -0.39 is 7.60 Å². The van der Waals surface area contributed by atoms with E-state index in [1.807, 2.05) is 13.8 Å². The third-order valence-corrected chi connectivity index (χ3v) is 2.87. The SMILES string of the molecule is CC(C)c1ccc(P(=O)(O)O)cc1. The summed E-state index contributed by atoms with van der Waals surface area (Å²) in [5, 5.41) is 0.0805. The van der Waals surface area contributed by atoms with Crippen LogP contribution in [0.4, 0.5) is 0 Å². The molecule has 72 valence electrons. The molecule has 0 aliphatic heterocycles. The van der Waals surface area contributed by atoms with Gasteiger partial charge in [0.05, 0.1) is 5.30 Å². The van der Waals surface area contributed by atoms with Gasteiger partial charge in [0.25, 0.3) is 0 Å². The molecule has 4 heteroatoms. The van der Waals surface area contributed by atoms with E-state index in [9.17, 15) is 4.57 Å². The van der Waals surface area contributed by atoms with Crippen LogP contribution in [0, 0.1) is 0 Å². The van der Waals surface area contributed by atoms with Crippen LogP contribution in [-0.4, -0.2) is 9.79 Å². The third kappa shape index (κ3) is 2.66. The smallest absolute Gasteiger partial charge is 0.321 e. The lowest BCUT2D eigenvalue weighted by atomic mass is 10.0. The fourth-order valence-corrected chi connectivity index (χ4v) is 1.59. The molecule has 0 saturated carbocycles. The van der Waals surface area contributed by atoms with Gasteiger partial charge in [-0.2, -0.15) is 0 Å². The van der Waals surface area contributed by atoms with Crippen LogP contribution in [0.15, 0.2) is 24.3 Å². The van der Waals surface area contributed by atoms with Crippen LogP contribution in [0.2, 0.25) is 0 Å². The van der Waals surface area contributed by atoms with Crippen LogP contribution in [0.5, 0.6) is 0 Å². The van der Waals surface area contributed by atoms with Gasteiger partial charge in [0.15, 0.2) is 0 Å². The molecule has 1 rings (SSSR count). The minimum atomic E-state index is -4.07. The molecule has 0 aliphatic carbocycles. The molecule has 0 atom stereocenters. The lowest BCUT2D eigenvalue weighted by Crippen LogP contribution is -2.03. The Balaban J connectivity index is 3.01. The van der Waals surface area contributed by atoms with Gasteiger partial charge >= 0.3 is 7.60 Å². The minimum absolute atomic E-state index is 0.0805. The van der Waals surface area contributed by atoms with Gasteiger partial charge < -0.3 is 9.79 Å². The molecule has 0 amide bonds. The van der Waals surface area contributed by atoms with E-state index in [-0.39, 0.29) is 5.30 Å². The van der Waals surface area contributed by atoms with E-state index in [0.717, 1.165) is 5.56 Å². The van der Waals surface area contributed by atoms with Gasteiger partial charge in [-0.3, -0.25) is 4.57 Å². The number of hydrogen-bond donors (Lipinski definition) is 2.